The van der Waals surface area contributed by atoms with Crippen LogP contribution in [0.3, 0.4) is 0 Å². The monoisotopic (exact) mass is 1060 g/mol. The number of carbonyl (C=O) groups is 4. The highest BCUT2D eigenvalue weighted by atomic mass is 28.4. The van der Waals surface area contributed by atoms with Gasteiger partial charge in [-0.1, -0.05) is 77.1 Å². The first-order valence-electron chi connectivity index (χ1n) is 26.1. The van der Waals surface area contributed by atoms with E-state index >= 15 is 0 Å². The van der Waals surface area contributed by atoms with Crippen molar-refractivity contribution in [2.45, 2.75) is 217 Å². The van der Waals surface area contributed by atoms with Crippen LogP contribution >= 0.6 is 0 Å². The molecular formula is C55H89NO17Si. The number of likely N-dealkylation sites (N-methyl/N-ethyl adjacent to an activating group) is 1. The van der Waals surface area contributed by atoms with Crippen molar-refractivity contribution in [1.29, 1.82) is 0 Å². The Morgan fingerprint density at radius 2 is 1.55 bits per heavy atom. The molecule has 18 nitrogen and oxygen atoms in total. The van der Waals surface area contributed by atoms with Crippen molar-refractivity contribution >= 4 is 32.2 Å². The van der Waals surface area contributed by atoms with E-state index in [4.69, 9.17) is 56.5 Å². The molecule has 2 saturated heterocycles. The quantitative estimate of drug-likeness (QED) is 0.0688. The van der Waals surface area contributed by atoms with E-state index < -0.39 is 136 Å². The number of methoxy groups -OCH3 is 3. The van der Waals surface area contributed by atoms with Crippen LogP contribution < -0.4 is 0 Å². The topological polar surface area (TPSA) is 203 Å². The number of aliphatic hydroxyl groups is 1. The molecule has 0 aromatic heterocycles. The van der Waals surface area contributed by atoms with Gasteiger partial charge in [0.15, 0.2) is 39.4 Å². The predicted octanol–water partition coefficient (Wildman–Crippen LogP) is 7.69. The Hall–Kier alpha value is -3.60. The van der Waals surface area contributed by atoms with Gasteiger partial charge < -0.3 is 66.5 Å². The maximum atomic E-state index is 14.1. The molecule has 2 fully saturated rings. The molecule has 0 unspecified atom stereocenters. The minimum absolute atomic E-state index is 0.0614. The molecule has 0 bridgehead atoms. The molecule has 3 aliphatic rings. The average molecular weight is 1060 g/mol. The molecule has 0 saturated carbocycles. The third-order valence-corrected chi connectivity index (χ3v) is 19.2. The lowest BCUT2D eigenvalue weighted by Crippen LogP contribution is -2.66. The van der Waals surface area contributed by atoms with Gasteiger partial charge in [-0.2, -0.15) is 0 Å². The van der Waals surface area contributed by atoms with Gasteiger partial charge in [-0.15, -0.1) is 0 Å². The number of rotatable bonds is 17. The molecule has 1 N–H and O–H groups in total. The van der Waals surface area contributed by atoms with E-state index in [1.165, 1.54) is 28.3 Å². The van der Waals surface area contributed by atoms with Gasteiger partial charge in [-0.05, 0) is 90.3 Å². The summed E-state index contributed by atoms with van der Waals surface area (Å²) in [6.45, 7) is 22.9. The standard InChI is InChI=1S/C55H89NO17Si/c1-18-42(58)70-51-36(5)66-45(32-55(51,10)61)71-47-35(4)67-53(50(68-37(6)57)46(47)56(11)12)72-48-39(30-44(62-13)63-14)29-33(2)40(73-74(16,17)54(7,8)9)28-24-19-21-25-34(3)65-43(59)31-41(49(48)64-15)69-52(60)38-26-22-20-23-27-38/h19-24,26-28,33-36,39-41,44-51,53,61H,18,25,29-32H2,1-17H3/b21-19+,28-24+/t33-,34-,35-,36+,39-,40+,41+,45+,46+,47-,48+,49+,50-,51+,53+,55-/m1/s1. The number of carbonyl (C=O) groups excluding carboxylic acids is 4. The van der Waals surface area contributed by atoms with Crippen molar-refractivity contribution in [2.75, 3.05) is 35.4 Å². The number of esters is 4. The zero-order chi connectivity index (χ0) is 55.3. The number of hydrogen-bond acceptors (Lipinski definition) is 18. The van der Waals surface area contributed by atoms with Crippen LogP contribution in [0.4, 0.5) is 0 Å². The Kier molecular flexibility index (Phi) is 23.9. The van der Waals surface area contributed by atoms with E-state index in [1.807, 2.05) is 23.1 Å². The number of benzene rings is 1. The Balaban J connectivity index is 1.93. The lowest BCUT2D eigenvalue weighted by Gasteiger charge is -2.51. The Bertz CT molecular complexity index is 1990. The van der Waals surface area contributed by atoms with E-state index in [2.05, 4.69) is 46.9 Å². The molecule has 3 heterocycles. The van der Waals surface area contributed by atoms with Crippen LogP contribution in [0, 0.1) is 11.8 Å². The molecule has 0 spiro atoms. The number of ether oxygens (including phenoxy) is 11. The van der Waals surface area contributed by atoms with Crippen molar-refractivity contribution in [3.8, 4) is 0 Å². The highest BCUT2D eigenvalue weighted by Gasteiger charge is 2.55. The van der Waals surface area contributed by atoms with Crippen molar-refractivity contribution in [2.24, 2.45) is 11.8 Å². The van der Waals surface area contributed by atoms with Crippen molar-refractivity contribution in [1.82, 2.24) is 4.90 Å². The molecule has 3 aliphatic heterocycles. The highest BCUT2D eigenvalue weighted by molar-refractivity contribution is 6.74. The van der Waals surface area contributed by atoms with Crippen LogP contribution in [0.1, 0.15) is 118 Å². The second kappa shape index (κ2) is 28.1. The first-order valence-corrected chi connectivity index (χ1v) is 29.0. The van der Waals surface area contributed by atoms with Gasteiger partial charge in [0.1, 0.15) is 30.0 Å². The number of allylic oxidation sites excluding steroid dienone is 2. The fraction of sp³-hybridized carbons (Fsp3) is 0.745. The van der Waals surface area contributed by atoms with Gasteiger partial charge in [0.2, 0.25) is 0 Å². The summed E-state index contributed by atoms with van der Waals surface area (Å²) in [6, 6.07) is 7.65. The van der Waals surface area contributed by atoms with E-state index in [1.54, 1.807) is 79.0 Å². The van der Waals surface area contributed by atoms with Gasteiger partial charge >= 0.3 is 23.9 Å². The number of cyclic esters (lactones) is 1. The third-order valence-electron chi connectivity index (χ3n) is 14.7. The average Bonchev–Trinajstić information content (AvgIpc) is 3.31. The second-order valence-corrected chi connectivity index (χ2v) is 26.8. The van der Waals surface area contributed by atoms with Gasteiger partial charge in [-0.3, -0.25) is 14.4 Å². The van der Waals surface area contributed by atoms with E-state index in [-0.39, 0.29) is 35.8 Å². The normalized spacial score (nSPS) is 34.9. The zero-order valence-electron chi connectivity index (χ0n) is 47.1. The SMILES string of the molecule is CCC(=O)O[C@H]1[C@H](C)O[C@@H](O[C@H]2[C@H](N(C)C)[C@@H](OC(C)=O)[C@H](O[C@H]3[C@@H](CC(OC)OC)C[C@@H](C)[C@@H](O[Si](C)(C)C(C)(C)C)/C=C/C=C/C[C@@H](C)OC(=O)C[C@H](OC(=O)c4ccccc4)[C@@H]3OC)O[C@@H]2C)C[C@@]1(C)O. The van der Waals surface area contributed by atoms with E-state index in [9.17, 15) is 24.3 Å². The molecule has 0 amide bonds. The van der Waals surface area contributed by atoms with E-state index in [0.29, 0.717) is 12.8 Å². The van der Waals surface area contributed by atoms with Crippen LogP contribution in [0.5, 0.6) is 0 Å². The Labute approximate surface area is 441 Å². The van der Waals surface area contributed by atoms with Gasteiger partial charge in [-0.25, -0.2) is 4.79 Å². The maximum Gasteiger partial charge on any atom is 0.338 e. The first-order chi connectivity index (χ1) is 34.7. The molecule has 4 rings (SSSR count). The Morgan fingerprint density at radius 1 is 0.892 bits per heavy atom. The molecule has 1 aromatic carbocycles. The molecule has 0 radical (unpaired) electrons. The summed E-state index contributed by atoms with van der Waals surface area (Å²) in [5.41, 5.74) is -1.28. The van der Waals surface area contributed by atoms with Crippen LogP contribution in [-0.4, -0.2) is 169 Å². The highest BCUT2D eigenvalue weighted by Crippen LogP contribution is 2.42. The van der Waals surface area contributed by atoms with Gasteiger partial charge in [0, 0.05) is 53.9 Å². The van der Waals surface area contributed by atoms with Crippen LogP contribution in [0.25, 0.3) is 0 Å². The summed E-state index contributed by atoms with van der Waals surface area (Å²) in [7, 11) is 5.74. The van der Waals surface area contributed by atoms with Crippen LogP contribution in [-0.2, 0) is 70.9 Å². The third kappa shape index (κ3) is 17.5. The predicted molar refractivity (Wildman–Crippen MR) is 278 cm³/mol. The molecular weight excluding hydrogens is 975 g/mol. The molecule has 16 atom stereocenters. The fourth-order valence-corrected chi connectivity index (χ4v) is 11.1. The fourth-order valence-electron chi connectivity index (χ4n) is 9.71. The maximum absolute atomic E-state index is 14.1. The smallest absolute Gasteiger partial charge is 0.338 e. The molecule has 74 heavy (non-hydrogen) atoms. The summed E-state index contributed by atoms with van der Waals surface area (Å²) in [6.07, 6.45) is -3.75. The van der Waals surface area contributed by atoms with Crippen LogP contribution in [0.15, 0.2) is 54.6 Å². The summed E-state index contributed by atoms with van der Waals surface area (Å²) < 4.78 is 76.6. The molecule has 19 heteroatoms. The van der Waals surface area contributed by atoms with Crippen LogP contribution in [0.2, 0.25) is 18.1 Å². The molecule has 0 aliphatic carbocycles. The molecule has 420 valence electrons. The first kappa shape index (κ1) is 62.9. The summed E-state index contributed by atoms with van der Waals surface area (Å²) in [5, 5.41) is 11.5. The van der Waals surface area contributed by atoms with E-state index in [0.717, 1.165) is 0 Å². The van der Waals surface area contributed by atoms with Crippen molar-refractivity contribution in [3.63, 3.8) is 0 Å². The lowest BCUT2D eigenvalue weighted by atomic mass is 9.82. The van der Waals surface area contributed by atoms with Gasteiger partial charge in [0.25, 0.3) is 0 Å². The minimum Gasteiger partial charge on any atom is -0.462 e. The second-order valence-electron chi connectivity index (χ2n) is 22.1. The van der Waals surface area contributed by atoms with Crippen molar-refractivity contribution < 1.29 is 80.8 Å². The molecule has 1 aromatic rings. The largest absolute Gasteiger partial charge is 0.462 e. The van der Waals surface area contributed by atoms with Gasteiger partial charge in [0.05, 0.1) is 42.4 Å². The summed E-state index contributed by atoms with van der Waals surface area (Å²) in [4.78, 5) is 55.7. The number of nitrogens with zero attached hydrogens (tertiary/aromatic N) is 1. The minimum atomic E-state index is -2.40. The lowest BCUT2D eigenvalue weighted by molar-refractivity contribution is -0.345. The summed E-state index contributed by atoms with van der Waals surface area (Å²) in [5.74, 6) is -3.27. The van der Waals surface area contributed by atoms with Crippen molar-refractivity contribution in [3.05, 3.63) is 60.2 Å². The summed E-state index contributed by atoms with van der Waals surface area (Å²) >= 11 is 0. The zero-order valence-corrected chi connectivity index (χ0v) is 48.1. The Morgan fingerprint density at radius 3 is 2.12 bits per heavy atom. The number of hydrogen-bond donors (Lipinski definition) is 1.